The lowest BCUT2D eigenvalue weighted by molar-refractivity contribution is 0.130. The van der Waals surface area contributed by atoms with Crippen LogP contribution in [0.4, 0.5) is 5.69 Å². The van der Waals surface area contributed by atoms with Gasteiger partial charge in [-0.25, -0.2) is 4.68 Å². The molecule has 0 spiro atoms. The molecule has 4 aromatic rings. The number of aromatic nitrogens is 4. The van der Waals surface area contributed by atoms with Crippen molar-refractivity contribution in [2.24, 2.45) is 12.8 Å². The fraction of sp³-hybridized carbons (Fsp3) is 0.333. The van der Waals surface area contributed by atoms with E-state index in [1.165, 1.54) is 5.56 Å². The first kappa shape index (κ1) is 32.1. The highest BCUT2D eigenvalue weighted by Crippen LogP contribution is 2.43. The Morgan fingerprint density at radius 1 is 1.02 bits per heavy atom. The number of tetrazole rings is 1. The van der Waals surface area contributed by atoms with Crippen molar-refractivity contribution in [2.75, 3.05) is 18.0 Å². The van der Waals surface area contributed by atoms with Crippen LogP contribution in [0, 0.1) is 10.8 Å². The topological polar surface area (TPSA) is 133 Å². The summed E-state index contributed by atoms with van der Waals surface area (Å²) in [5, 5.41) is 29.8. The highest BCUT2D eigenvalue weighted by atomic mass is 35.5. The molecule has 0 aliphatic carbocycles. The lowest BCUT2D eigenvalue weighted by Gasteiger charge is -2.33. The van der Waals surface area contributed by atoms with Gasteiger partial charge in [-0.15, -0.1) is 29.9 Å². The van der Waals surface area contributed by atoms with E-state index in [9.17, 15) is 0 Å². The molecule has 2 aliphatic heterocycles. The number of likely N-dealkylation sites (tertiary alicyclic amines) is 1. The van der Waals surface area contributed by atoms with E-state index in [1.54, 1.807) is 4.68 Å². The third-order valence-electron chi connectivity index (χ3n) is 8.10. The molecule has 226 valence electrons. The van der Waals surface area contributed by atoms with E-state index in [4.69, 9.17) is 33.5 Å². The van der Waals surface area contributed by atoms with Gasteiger partial charge < -0.3 is 20.3 Å². The molecule has 1 atom stereocenters. The van der Waals surface area contributed by atoms with E-state index in [-0.39, 0.29) is 42.8 Å². The number of anilines is 1. The third kappa shape index (κ3) is 6.58. The second-order valence-electron chi connectivity index (χ2n) is 10.8. The predicted molar refractivity (Wildman–Crippen MR) is 179 cm³/mol. The van der Waals surface area contributed by atoms with E-state index < -0.39 is 0 Å². The second kappa shape index (κ2) is 13.2. The Hall–Kier alpha value is -3.80. The van der Waals surface area contributed by atoms with Crippen molar-refractivity contribution in [2.45, 2.75) is 44.8 Å². The molecule has 3 aromatic carbocycles. The Morgan fingerprint density at radius 2 is 1.77 bits per heavy atom. The SMILES string of the molecule is CC(=N)N1CCC(Oc2ccc3c(c2)CC(c2ccc4ccc(C(=N)N)cc4c2)N3C(=S)Cc2nnnn2C)CC1.Cl.Cl. The monoisotopic (exact) mass is 639 g/mol. The summed E-state index contributed by atoms with van der Waals surface area (Å²) < 4.78 is 8.08. The van der Waals surface area contributed by atoms with Crippen LogP contribution in [0.3, 0.4) is 0 Å². The number of hydrogen-bond acceptors (Lipinski definition) is 7. The number of amidine groups is 2. The van der Waals surface area contributed by atoms with Gasteiger partial charge in [0.15, 0.2) is 5.82 Å². The van der Waals surface area contributed by atoms with Crippen LogP contribution in [0.15, 0.2) is 54.6 Å². The minimum atomic E-state index is -0.0156. The van der Waals surface area contributed by atoms with Crippen LogP contribution in [-0.4, -0.2) is 61.0 Å². The van der Waals surface area contributed by atoms with Crippen LogP contribution in [0.2, 0.25) is 0 Å². The van der Waals surface area contributed by atoms with Gasteiger partial charge in [0.05, 0.1) is 23.3 Å². The molecule has 1 fully saturated rings. The first-order chi connectivity index (χ1) is 19.8. The fourth-order valence-electron chi connectivity index (χ4n) is 5.84. The number of benzene rings is 3. The van der Waals surface area contributed by atoms with Gasteiger partial charge in [-0.1, -0.05) is 36.5 Å². The van der Waals surface area contributed by atoms with Crippen LogP contribution in [0.1, 0.15) is 48.3 Å². The number of ether oxygens (including phenoxy) is 1. The summed E-state index contributed by atoms with van der Waals surface area (Å²) in [6.45, 7) is 3.53. The number of thiocarbonyl (C=S) groups is 1. The Kier molecular flexibility index (Phi) is 9.89. The van der Waals surface area contributed by atoms with Gasteiger partial charge in [0.25, 0.3) is 0 Å². The normalized spacial score (nSPS) is 16.3. The molecule has 4 N–H and O–H groups in total. The van der Waals surface area contributed by atoms with Crippen LogP contribution in [0.5, 0.6) is 5.75 Å². The Bertz CT molecular complexity index is 1670. The van der Waals surface area contributed by atoms with Crippen molar-refractivity contribution in [3.63, 3.8) is 0 Å². The van der Waals surface area contributed by atoms with Crippen molar-refractivity contribution in [3.8, 4) is 5.75 Å². The third-order valence-corrected chi connectivity index (χ3v) is 8.44. The van der Waals surface area contributed by atoms with Crippen molar-refractivity contribution >= 4 is 70.2 Å². The average molecular weight is 641 g/mol. The summed E-state index contributed by atoms with van der Waals surface area (Å²) in [6, 6.07) is 18.6. The number of hydrogen-bond donors (Lipinski definition) is 3. The molecule has 0 radical (unpaired) electrons. The lowest BCUT2D eigenvalue weighted by atomic mass is 9.97. The Morgan fingerprint density at radius 3 is 2.44 bits per heavy atom. The number of fused-ring (bicyclic) bond motifs is 2. The number of nitrogens with one attached hydrogen (secondary N) is 2. The molecular formula is C30H35Cl2N9OS. The number of nitrogens with zero attached hydrogens (tertiary/aromatic N) is 6. The van der Waals surface area contributed by atoms with Gasteiger partial charge in [0, 0.05) is 44.2 Å². The first-order valence-corrected chi connectivity index (χ1v) is 14.2. The molecule has 1 saturated heterocycles. The predicted octanol–water partition coefficient (Wildman–Crippen LogP) is 5.01. The lowest BCUT2D eigenvalue weighted by Crippen LogP contribution is -2.40. The molecular weight excluding hydrogens is 605 g/mol. The summed E-state index contributed by atoms with van der Waals surface area (Å²) in [7, 11) is 1.82. The number of nitrogen functional groups attached to an aromatic ring is 1. The standard InChI is InChI=1S/C30H33N9OS.2ClH/c1-18(31)38-11-9-24(10-12-38)40-25-7-8-26-23(15-25)16-27(39(26)29(41)17-28-34-35-36-37(28)2)20-5-3-19-4-6-21(30(32)33)14-22(19)13-20;;/h3-8,13-15,24,27,31H,9-12,16-17H2,1-2H3,(H3,32,33);2*1H. The zero-order chi connectivity index (χ0) is 28.7. The average Bonchev–Trinajstić information content (AvgIpc) is 3.55. The molecule has 1 unspecified atom stereocenters. The van der Waals surface area contributed by atoms with Crippen LogP contribution < -0.4 is 15.4 Å². The minimum Gasteiger partial charge on any atom is -0.490 e. The maximum atomic E-state index is 7.89. The smallest absolute Gasteiger partial charge is 0.157 e. The van der Waals surface area contributed by atoms with Gasteiger partial charge in [-0.05, 0) is 76.0 Å². The van der Waals surface area contributed by atoms with Crippen molar-refractivity contribution in [1.29, 1.82) is 10.8 Å². The van der Waals surface area contributed by atoms with E-state index >= 15 is 0 Å². The van der Waals surface area contributed by atoms with E-state index in [1.807, 2.05) is 38.2 Å². The molecule has 43 heavy (non-hydrogen) atoms. The zero-order valence-corrected chi connectivity index (χ0v) is 26.4. The maximum Gasteiger partial charge on any atom is 0.157 e. The molecule has 0 saturated carbocycles. The van der Waals surface area contributed by atoms with Crippen LogP contribution in [-0.2, 0) is 19.9 Å². The molecule has 6 rings (SSSR count). The second-order valence-corrected chi connectivity index (χ2v) is 11.3. The van der Waals surface area contributed by atoms with Crippen molar-refractivity contribution in [3.05, 3.63) is 77.1 Å². The molecule has 3 heterocycles. The van der Waals surface area contributed by atoms with Crippen molar-refractivity contribution in [1.82, 2.24) is 25.1 Å². The summed E-state index contributed by atoms with van der Waals surface area (Å²) in [6.07, 6.45) is 3.15. The molecule has 1 aromatic heterocycles. The zero-order valence-electron chi connectivity index (χ0n) is 24.0. The maximum absolute atomic E-state index is 7.89. The van der Waals surface area contributed by atoms with Gasteiger partial charge in [0.1, 0.15) is 17.7 Å². The number of piperidine rings is 1. The number of nitrogens with two attached hydrogens (primary N) is 1. The number of rotatable bonds is 6. The molecule has 10 nitrogen and oxygen atoms in total. The summed E-state index contributed by atoms with van der Waals surface area (Å²) in [5.74, 6) is 2.24. The Balaban J connectivity index is 0.00000212. The van der Waals surface area contributed by atoms with E-state index in [2.05, 4.69) is 55.7 Å². The largest absolute Gasteiger partial charge is 0.490 e. The first-order valence-electron chi connectivity index (χ1n) is 13.8. The quantitative estimate of drug-likeness (QED) is 0.152. The van der Waals surface area contributed by atoms with Crippen LogP contribution >= 0.6 is 37.0 Å². The highest BCUT2D eigenvalue weighted by molar-refractivity contribution is 7.80. The molecule has 2 aliphatic rings. The highest BCUT2D eigenvalue weighted by Gasteiger charge is 2.34. The molecule has 13 heteroatoms. The van der Waals surface area contributed by atoms with Gasteiger partial charge in [-0.3, -0.25) is 10.8 Å². The van der Waals surface area contributed by atoms with Gasteiger partial charge in [-0.2, -0.15) is 0 Å². The molecule has 0 amide bonds. The fourth-order valence-corrected chi connectivity index (χ4v) is 6.19. The van der Waals surface area contributed by atoms with Crippen LogP contribution in [0.25, 0.3) is 10.8 Å². The van der Waals surface area contributed by atoms with Gasteiger partial charge >= 0.3 is 0 Å². The Labute approximate surface area is 268 Å². The molecule has 0 bridgehead atoms. The summed E-state index contributed by atoms with van der Waals surface area (Å²) >= 11 is 6.04. The number of aryl methyl sites for hydroxylation is 1. The van der Waals surface area contributed by atoms with Crippen molar-refractivity contribution < 1.29 is 4.74 Å². The van der Waals surface area contributed by atoms with E-state index in [0.717, 1.165) is 65.1 Å². The van der Waals surface area contributed by atoms with E-state index in [0.29, 0.717) is 23.6 Å². The summed E-state index contributed by atoms with van der Waals surface area (Å²) in [4.78, 5) is 5.07. The minimum absolute atomic E-state index is 0. The summed E-state index contributed by atoms with van der Waals surface area (Å²) in [5.41, 5.74) is 9.85. The number of halogens is 2. The van der Waals surface area contributed by atoms with Gasteiger partial charge in [0.2, 0.25) is 0 Å².